The fourth-order valence-electron chi connectivity index (χ4n) is 3.99. The molecule has 7 nitrogen and oxygen atoms in total. The largest absolute Gasteiger partial charge is 0.374 e. The van der Waals surface area contributed by atoms with E-state index < -0.39 is 6.04 Å². The molecule has 1 heterocycles. The summed E-state index contributed by atoms with van der Waals surface area (Å²) in [6.45, 7) is 1.77. The van der Waals surface area contributed by atoms with Gasteiger partial charge >= 0.3 is 6.03 Å². The summed E-state index contributed by atoms with van der Waals surface area (Å²) in [6, 6.07) is 17.8. The highest BCUT2D eigenvalue weighted by Gasteiger charge is 2.22. The van der Waals surface area contributed by atoms with E-state index in [1.165, 1.54) is 22.6 Å². The minimum absolute atomic E-state index is 0.215. The van der Waals surface area contributed by atoms with Crippen LogP contribution in [0.3, 0.4) is 0 Å². The van der Waals surface area contributed by atoms with E-state index in [0.29, 0.717) is 27.6 Å². The van der Waals surface area contributed by atoms with Crippen LogP contribution in [-0.2, 0) is 17.6 Å². The summed E-state index contributed by atoms with van der Waals surface area (Å²) < 4.78 is 0. The highest BCUT2D eigenvalue weighted by atomic mass is 32.1. The van der Waals surface area contributed by atoms with Gasteiger partial charge < -0.3 is 21.3 Å². The summed E-state index contributed by atoms with van der Waals surface area (Å²) in [5.74, 6) is -0.215. The molecule has 0 bridgehead atoms. The van der Waals surface area contributed by atoms with Crippen molar-refractivity contribution in [3.8, 4) is 6.07 Å². The van der Waals surface area contributed by atoms with Crippen LogP contribution >= 0.6 is 11.3 Å². The highest BCUT2D eigenvalue weighted by Crippen LogP contribution is 2.37. The lowest BCUT2D eigenvalue weighted by Gasteiger charge is -2.16. The molecule has 1 atom stereocenters. The van der Waals surface area contributed by atoms with E-state index >= 15 is 0 Å². The molecular weight excluding hydrogens is 446 g/mol. The van der Waals surface area contributed by atoms with Crippen LogP contribution in [0.25, 0.3) is 0 Å². The van der Waals surface area contributed by atoms with Crippen molar-refractivity contribution in [3.05, 3.63) is 70.6 Å². The number of fused-ring (bicyclic) bond motifs is 1. The Balaban J connectivity index is 1.37. The van der Waals surface area contributed by atoms with Crippen LogP contribution in [-0.4, -0.2) is 18.0 Å². The predicted octanol–water partition coefficient (Wildman–Crippen LogP) is 5.97. The number of anilines is 4. The lowest BCUT2D eigenvalue weighted by atomic mass is 10.1. The second-order valence-corrected chi connectivity index (χ2v) is 9.37. The van der Waals surface area contributed by atoms with Gasteiger partial charge in [-0.05, 0) is 68.5 Å². The molecule has 1 aromatic heterocycles. The number of hydrogen-bond donors (Lipinski definition) is 4. The average Bonchev–Trinajstić information content (AvgIpc) is 2.98. The van der Waals surface area contributed by atoms with Gasteiger partial charge in [0.25, 0.3) is 0 Å². The van der Waals surface area contributed by atoms with Gasteiger partial charge in [-0.15, -0.1) is 11.3 Å². The first kappa shape index (κ1) is 23.3. The Morgan fingerprint density at radius 3 is 2.41 bits per heavy atom. The molecule has 0 spiro atoms. The summed E-state index contributed by atoms with van der Waals surface area (Å²) in [4.78, 5) is 26.4. The number of aryl methyl sites for hydroxylation is 1. The number of benzene rings is 2. The van der Waals surface area contributed by atoms with Gasteiger partial charge in [0.05, 0.1) is 5.56 Å². The van der Waals surface area contributed by atoms with Crippen LogP contribution in [0, 0.1) is 11.3 Å². The molecule has 3 aromatic rings. The Labute approximate surface area is 203 Å². The Morgan fingerprint density at radius 1 is 0.912 bits per heavy atom. The number of para-hydroxylation sites is 1. The number of nitrogens with zero attached hydrogens (tertiary/aromatic N) is 1. The third kappa shape index (κ3) is 5.74. The first-order chi connectivity index (χ1) is 16.5. The molecule has 0 fully saturated rings. The van der Waals surface area contributed by atoms with Gasteiger partial charge in [-0.2, -0.15) is 5.26 Å². The molecule has 4 N–H and O–H groups in total. The third-order valence-corrected chi connectivity index (χ3v) is 6.91. The Kier molecular flexibility index (Phi) is 7.45. The number of thiophene rings is 1. The third-order valence-electron chi connectivity index (χ3n) is 5.70. The number of carbonyl (C=O) groups excluding carboxylic acids is 2. The van der Waals surface area contributed by atoms with Gasteiger partial charge in [-0.3, -0.25) is 4.79 Å². The number of amides is 3. The van der Waals surface area contributed by atoms with E-state index in [-0.39, 0.29) is 11.9 Å². The molecule has 3 amide bonds. The first-order valence-electron chi connectivity index (χ1n) is 11.4. The molecule has 4 rings (SSSR count). The number of rotatable bonds is 6. The van der Waals surface area contributed by atoms with Gasteiger partial charge in [0, 0.05) is 21.9 Å². The quantitative estimate of drug-likeness (QED) is 0.331. The molecule has 0 saturated heterocycles. The van der Waals surface area contributed by atoms with Crippen LogP contribution in [0.1, 0.15) is 42.2 Å². The fraction of sp³-hybridized carbons (Fsp3) is 0.269. The summed E-state index contributed by atoms with van der Waals surface area (Å²) in [5, 5.41) is 22.0. The molecule has 34 heavy (non-hydrogen) atoms. The van der Waals surface area contributed by atoms with Crippen LogP contribution in [0.4, 0.5) is 26.9 Å². The lowest BCUT2D eigenvalue weighted by molar-refractivity contribution is -0.116. The zero-order chi connectivity index (χ0) is 23.9. The van der Waals surface area contributed by atoms with Crippen molar-refractivity contribution in [2.75, 3.05) is 21.3 Å². The molecule has 0 unspecified atom stereocenters. The zero-order valence-electron chi connectivity index (χ0n) is 19.0. The van der Waals surface area contributed by atoms with Crippen LogP contribution in [0.5, 0.6) is 0 Å². The van der Waals surface area contributed by atoms with Crippen molar-refractivity contribution in [1.29, 1.82) is 5.26 Å². The van der Waals surface area contributed by atoms with Crippen molar-refractivity contribution in [2.24, 2.45) is 0 Å². The fourth-order valence-corrected chi connectivity index (χ4v) is 5.23. The van der Waals surface area contributed by atoms with Crippen molar-refractivity contribution >= 4 is 45.3 Å². The SMILES string of the molecule is C[C@H](Nc1cccc(NC(=O)Nc2ccccc2)c1)C(=O)Nc1sc2c(c1C#N)CCCCC2. The van der Waals surface area contributed by atoms with Crippen molar-refractivity contribution in [2.45, 2.75) is 45.1 Å². The topological polar surface area (TPSA) is 106 Å². The standard InChI is InChI=1S/C26H27N5O2S/c1-17(24(32)31-25-22(16-27)21-13-6-3-7-14-23(21)34-25)28-19-11-8-12-20(15-19)30-26(33)29-18-9-4-2-5-10-18/h2,4-5,8-12,15,17,28H,3,6-7,13-14H2,1H3,(H,31,32)(H2,29,30,33)/t17-/m0/s1. The second kappa shape index (κ2) is 10.9. The van der Waals surface area contributed by atoms with Crippen molar-refractivity contribution in [3.63, 3.8) is 0 Å². The van der Waals surface area contributed by atoms with Gasteiger partial charge in [0.15, 0.2) is 0 Å². The smallest absolute Gasteiger partial charge is 0.323 e. The Hall–Kier alpha value is -3.83. The molecule has 0 radical (unpaired) electrons. The number of nitriles is 1. The molecule has 2 aromatic carbocycles. The van der Waals surface area contributed by atoms with E-state index in [9.17, 15) is 14.9 Å². The summed E-state index contributed by atoms with van der Waals surface area (Å²) in [5.41, 5.74) is 3.70. The van der Waals surface area contributed by atoms with Crippen molar-refractivity contribution in [1.82, 2.24) is 0 Å². The highest BCUT2D eigenvalue weighted by molar-refractivity contribution is 7.16. The van der Waals surface area contributed by atoms with Crippen molar-refractivity contribution < 1.29 is 9.59 Å². The minimum Gasteiger partial charge on any atom is -0.374 e. The maximum absolute atomic E-state index is 12.9. The monoisotopic (exact) mass is 473 g/mol. The number of carbonyl (C=O) groups is 2. The van der Waals surface area contributed by atoms with E-state index in [2.05, 4.69) is 27.3 Å². The number of hydrogen-bond acceptors (Lipinski definition) is 5. The molecular formula is C26H27N5O2S. The average molecular weight is 474 g/mol. The van der Waals surface area contributed by atoms with Gasteiger partial charge in [0.2, 0.25) is 5.91 Å². The lowest BCUT2D eigenvalue weighted by Crippen LogP contribution is -2.31. The van der Waals surface area contributed by atoms with Gasteiger partial charge in [-0.1, -0.05) is 30.7 Å². The van der Waals surface area contributed by atoms with Gasteiger partial charge in [0.1, 0.15) is 17.1 Å². The van der Waals surface area contributed by atoms with Crippen LogP contribution in [0.2, 0.25) is 0 Å². The first-order valence-corrected chi connectivity index (χ1v) is 12.2. The Bertz CT molecular complexity index is 1220. The number of nitrogens with one attached hydrogen (secondary N) is 4. The maximum atomic E-state index is 12.9. The molecule has 0 saturated carbocycles. The molecule has 8 heteroatoms. The maximum Gasteiger partial charge on any atom is 0.323 e. The molecule has 1 aliphatic carbocycles. The molecule has 1 aliphatic rings. The molecule has 0 aliphatic heterocycles. The zero-order valence-corrected chi connectivity index (χ0v) is 19.8. The summed E-state index contributed by atoms with van der Waals surface area (Å²) in [6.07, 6.45) is 5.25. The second-order valence-electron chi connectivity index (χ2n) is 8.26. The normalized spacial score (nSPS) is 13.5. The van der Waals surface area contributed by atoms with E-state index in [1.807, 2.05) is 24.3 Å². The van der Waals surface area contributed by atoms with E-state index in [0.717, 1.165) is 31.2 Å². The Morgan fingerprint density at radius 2 is 1.62 bits per heavy atom. The summed E-state index contributed by atoms with van der Waals surface area (Å²) in [7, 11) is 0. The van der Waals surface area contributed by atoms with Crippen LogP contribution < -0.4 is 21.3 Å². The van der Waals surface area contributed by atoms with Crippen LogP contribution in [0.15, 0.2) is 54.6 Å². The van der Waals surface area contributed by atoms with E-state index in [4.69, 9.17) is 0 Å². The summed E-state index contributed by atoms with van der Waals surface area (Å²) >= 11 is 1.53. The van der Waals surface area contributed by atoms with Gasteiger partial charge in [-0.25, -0.2) is 4.79 Å². The predicted molar refractivity (Wildman–Crippen MR) is 138 cm³/mol. The number of urea groups is 1. The van der Waals surface area contributed by atoms with E-state index in [1.54, 1.807) is 37.3 Å². The molecule has 174 valence electrons. The minimum atomic E-state index is -0.540.